The van der Waals surface area contributed by atoms with Gasteiger partial charge in [0, 0.05) is 18.2 Å². The van der Waals surface area contributed by atoms with Gasteiger partial charge in [-0.25, -0.2) is 0 Å². The fourth-order valence-corrected chi connectivity index (χ4v) is 1.91. The predicted octanol–water partition coefficient (Wildman–Crippen LogP) is 3.01. The molecule has 1 aromatic rings. The lowest BCUT2D eigenvalue weighted by atomic mass is 10.1. The number of benzene rings is 1. The van der Waals surface area contributed by atoms with Crippen LogP contribution in [0.15, 0.2) is 24.3 Å². The highest BCUT2D eigenvalue weighted by Crippen LogP contribution is 2.22. The highest BCUT2D eigenvalue weighted by Gasteiger charge is 2.24. The summed E-state index contributed by atoms with van der Waals surface area (Å²) in [6.45, 7) is 4.00. The second-order valence-electron chi connectivity index (χ2n) is 2.71. The Bertz CT molecular complexity index is 336. The van der Waals surface area contributed by atoms with E-state index in [0.29, 0.717) is 0 Å². The fraction of sp³-hybridized carbons (Fsp3) is 0.273. The molecule has 3 heteroatoms. The van der Waals surface area contributed by atoms with Crippen molar-refractivity contribution in [3.63, 3.8) is 0 Å². The van der Waals surface area contributed by atoms with E-state index in [4.69, 9.17) is 24.4 Å². The zero-order valence-corrected chi connectivity index (χ0v) is 10.2. The Morgan fingerprint density at radius 1 is 0.929 bits per heavy atom. The molecule has 0 fully saturated rings. The van der Waals surface area contributed by atoms with E-state index in [2.05, 4.69) is 0 Å². The topological polar surface area (TPSA) is 3.24 Å². The molecule has 0 atom stereocenters. The van der Waals surface area contributed by atoms with Crippen LogP contribution >= 0.6 is 24.4 Å². The molecule has 0 saturated carbocycles. The molecule has 0 amide bonds. The van der Waals surface area contributed by atoms with Crippen LogP contribution in [0, 0.1) is 0 Å². The van der Waals surface area contributed by atoms with Crippen molar-refractivity contribution in [2.24, 2.45) is 0 Å². The Hall–Kier alpha value is -0.800. The molecule has 0 radical (unpaired) electrons. The van der Waals surface area contributed by atoms with Crippen molar-refractivity contribution in [3.8, 4) is 0 Å². The van der Waals surface area contributed by atoms with Crippen LogP contribution in [0.3, 0.4) is 0 Å². The van der Waals surface area contributed by atoms with Crippen LogP contribution in [0.5, 0.6) is 0 Å². The largest absolute Gasteiger partial charge is 0.326 e. The Balaban J connectivity index is 0.000000461. The van der Waals surface area contributed by atoms with E-state index >= 15 is 0 Å². The lowest BCUT2D eigenvalue weighted by Crippen LogP contribution is -2.22. The fourth-order valence-electron chi connectivity index (χ4n) is 1.31. The standard InChI is InChI=1S/C9H7NS2.C2H6/c1-10-8(11)6-4-2-3-5-7(6)9(10)12;1-2/h2-5H,1H3;1-2H3. The van der Waals surface area contributed by atoms with E-state index < -0.39 is 0 Å². The van der Waals surface area contributed by atoms with Crippen molar-refractivity contribution in [1.29, 1.82) is 0 Å². The van der Waals surface area contributed by atoms with Gasteiger partial charge in [-0.1, -0.05) is 62.5 Å². The highest BCUT2D eigenvalue weighted by molar-refractivity contribution is 7.82. The molecular weight excluding hydrogens is 210 g/mol. The van der Waals surface area contributed by atoms with Crippen LogP contribution in [0.2, 0.25) is 0 Å². The second-order valence-corrected chi connectivity index (χ2v) is 3.49. The van der Waals surface area contributed by atoms with Gasteiger partial charge in [0.1, 0.15) is 9.98 Å². The molecule has 0 aliphatic carbocycles. The van der Waals surface area contributed by atoms with Crippen LogP contribution in [0.25, 0.3) is 0 Å². The summed E-state index contributed by atoms with van der Waals surface area (Å²) >= 11 is 10.4. The molecule has 74 valence electrons. The second kappa shape index (κ2) is 4.62. The van der Waals surface area contributed by atoms with Crippen molar-refractivity contribution in [2.45, 2.75) is 13.8 Å². The number of hydrogen-bond donors (Lipinski definition) is 0. The number of thiocarbonyl (C=S) groups is 2. The van der Waals surface area contributed by atoms with Gasteiger partial charge < -0.3 is 4.90 Å². The minimum atomic E-state index is 0.829. The Morgan fingerprint density at radius 2 is 1.29 bits per heavy atom. The molecule has 0 N–H and O–H groups in total. The van der Waals surface area contributed by atoms with Crippen molar-refractivity contribution < 1.29 is 0 Å². The van der Waals surface area contributed by atoms with E-state index in [0.717, 1.165) is 21.1 Å². The molecule has 1 aliphatic rings. The Kier molecular flexibility index (Phi) is 3.72. The molecule has 14 heavy (non-hydrogen) atoms. The summed E-state index contributed by atoms with van der Waals surface area (Å²) in [5.74, 6) is 0. The first kappa shape index (κ1) is 11.3. The van der Waals surface area contributed by atoms with Gasteiger partial charge in [-0.3, -0.25) is 0 Å². The zero-order valence-electron chi connectivity index (χ0n) is 8.57. The number of rotatable bonds is 0. The molecule has 0 unspecified atom stereocenters. The van der Waals surface area contributed by atoms with Gasteiger partial charge in [-0.05, 0) is 0 Å². The summed E-state index contributed by atoms with van der Waals surface area (Å²) < 4.78 is 0. The van der Waals surface area contributed by atoms with Gasteiger partial charge >= 0.3 is 0 Å². The number of nitrogens with zero attached hydrogens (tertiary/aromatic N) is 1. The Morgan fingerprint density at radius 3 is 1.64 bits per heavy atom. The maximum atomic E-state index is 5.21. The van der Waals surface area contributed by atoms with E-state index in [-0.39, 0.29) is 0 Å². The molecule has 0 aromatic heterocycles. The first-order chi connectivity index (χ1) is 6.72. The minimum Gasteiger partial charge on any atom is -0.326 e. The summed E-state index contributed by atoms with van der Waals surface area (Å²) in [7, 11) is 1.91. The maximum Gasteiger partial charge on any atom is 0.114 e. The lowest BCUT2D eigenvalue weighted by Gasteiger charge is -2.08. The SMILES string of the molecule is CC.CN1C(=S)c2ccccc2C1=S. The van der Waals surface area contributed by atoms with Crippen molar-refractivity contribution in [1.82, 2.24) is 4.90 Å². The molecule has 0 spiro atoms. The van der Waals surface area contributed by atoms with Crippen molar-refractivity contribution in [2.75, 3.05) is 7.05 Å². The van der Waals surface area contributed by atoms with E-state index in [1.807, 2.05) is 50.1 Å². The molecule has 2 rings (SSSR count). The first-order valence-electron chi connectivity index (χ1n) is 4.63. The molecule has 1 heterocycles. The quantitative estimate of drug-likeness (QED) is 0.622. The highest BCUT2D eigenvalue weighted by atomic mass is 32.1. The Labute approximate surface area is 95.7 Å². The van der Waals surface area contributed by atoms with E-state index in [1.165, 1.54) is 0 Å². The summed E-state index contributed by atoms with van der Waals surface area (Å²) in [5, 5.41) is 0. The predicted molar refractivity (Wildman–Crippen MR) is 69.0 cm³/mol. The van der Waals surface area contributed by atoms with Gasteiger partial charge in [-0.2, -0.15) is 0 Å². The molecule has 1 aliphatic heterocycles. The molecule has 1 nitrogen and oxygen atoms in total. The van der Waals surface area contributed by atoms with Crippen LogP contribution in [-0.2, 0) is 0 Å². The third-order valence-electron chi connectivity index (χ3n) is 2.00. The summed E-state index contributed by atoms with van der Waals surface area (Å²) in [6, 6.07) is 7.97. The molecule has 1 aromatic carbocycles. The monoisotopic (exact) mass is 223 g/mol. The number of fused-ring (bicyclic) bond motifs is 1. The molecule has 0 saturated heterocycles. The van der Waals surface area contributed by atoms with Gasteiger partial charge in [0.05, 0.1) is 0 Å². The van der Waals surface area contributed by atoms with Crippen LogP contribution in [0.4, 0.5) is 0 Å². The molecular formula is C11H13NS2. The number of hydrogen-bond acceptors (Lipinski definition) is 2. The van der Waals surface area contributed by atoms with Crippen LogP contribution < -0.4 is 0 Å². The smallest absolute Gasteiger partial charge is 0.114 e. The normalized spacial score (nSPS) is 13.5. The van der Waals surface area contributed by atoms with Crippen LogP contribution in [0.1, 0.15) is 25.0 Å². The average molecular weight is 223 g/mol. The lowest BCUT2D eigenvalue weighted by molar-refractivity contribution is 0.803. The van der Waals surface area contributed by atoms with Gasteiger partial charge in [0.15, 0.2) is 0 Å². The average Bonchev–Trinajstić information content (AvgIpc) is 2.48. The van der Waals surface area contributed by atoms with E-state index in [1.54, 1.807) is 0 Å². The zero-order chi connectivity index (χ0) is 10.7. The third kappa shape index (κ3) is 1.70. The van der Waals surface area contributed by atoms with Gasteiger partial charge in [0.25, 0.3) is 0 Å². The minimum absolute atomic E-state index is 0.829. The first-order valence-corrected chi connectivity index (χ1v) is 5.45. The van der Waals surface area contributed by atoms with Crippen molar-refractivity contribution >= 4 is 34.4 Å². The van der Waals surface area contributed by atoms with Crippen molar-refractivity contribution in [3.05, 3.63) is 35.4 Å². The third-order valence-corrected chi connectivity index (χ3v) is 2.98. The van der Waals surface area contributed by atoms with Crippen LogP contribution in [-0.4, -0.2) is 21.9 Å². The summed E-state index contributed by atoms with van der Waals surface area (Å²) in [4.78, 5) is 3.53. The summed E-state index contributed by atoms with van der Waals surface area (Å²) in [5.41, 5.74) is 2.17. The van der Waals surface area contributed by atoms with Gasteiger partial charge in [0.2, 0.25) is 0 Å². The maximum absolute atomic E-state index is 5.21. The summed E-state index contributed by atoms with van der Waals surface area (Å²) in [6.07, 6.45) is 0. The molecule has 0 bridgehead atoms. The van der Waals surface area contributed by atoms with Gasteiger partial charge in [-0.15, -0.1) is 0 Å². The van der Waals surface area contributed by atoms with E-state index in [9.17, 15) is 0 Å².